The highest BCUT2D eigenvalue weighted by Crippen LogP contribution is 2.60. The van der Waals surface area contributed by atoms with Crippen LogP contribution in [0.4, 0.5) is 0 Å². The Kier molecular flexibility index (Phi) is 1.56. The second-order valence-corrected chi connectivity index (χ2v) is 4.92. The summed E-state index contributed by atoms with van der Waals surface area (Å²) < 4.78 is 0. The highest BCUT2D eigenvalue weighted by atomic mass is 14.6. The standard InChI is InChI=1S/C11H20/c1-4-11(3)8(2)9-5-6-10(11)7-9/h8-10H,4-7H2,1-3H3. The Balaban J connectivity index is 2.23. The lowest BCUT2D eigenvalue weighted by molar-refractivity contribution is 0.108. The number of rotatable bonds is 1. The maximum Gasteiger partial charge on any atom is -0.0272 e. The lowest BCUT2D eigenvalue weighted by Crippen LogP contribution is -2.30. The van der Waals surface area contributed by atoms with Gasteiger partial charge in [0.05, 0.1) is 0 Å². The lowest BCUT2D eigenvalue weighted by atomic mass is 9.67. The molecule has 4 atom stereocenters. The van der Waals surface area contributed by atoms with Gasteiger partial charge < -0.3 is 0 Å². The van der Waals surface area contributed by atoms with Gasteiger partial charge in [0.15, 0.2) is 0 Å². The van der Waals surface area contributed by atoms with Crippen LogP contribution in [-0.2, 0) is 0 Å². The van der Waals surface area contributed by atoms with E-state index in [0.29, 0.717) is 5.41 Å². The summed E-state index contributed by atoms with van der Waals surface area (Å²) in [4.78, 5) is 0. The number of hydrogen-bond donors (Lipinski definition) is 0. The monoisotopic (exact) mass is 152 g/mol. The predicted molar refractivity (Wildman–Crippen MR) is 48.4 cm³/mol. The Hall–Kier alpha value is 0. The van der Waals surface area contributed by atoms with Crippen LogP contribution in [0.3, 0.4) is 0 Å². The summed E-state index contributed by atoms with van der Waals surface area (Å²) in [5.74, 6) is 3.17. The molecule has 0 aromatic heterocycles. The van der Waals surface area contributed by atoms with Gasteiger partial charge in [-0.1, -0.05) is 27.2 Å². The summed E-state index contributed by atoms with van der Waals surface area (Å²) in [6.45, 7) is 7.37. The van der Waals surface area contributed by atoms with E-state index in [-0.39, 0.29) is 0 Å². The van der Waals surface area contributed by atoms with Crippen molar-refractivity contribution in [3.8, 4) is 0 Å². The minimum atomic E-state index is 0.711. The molecule has 11 heavy (non-hydrogen) atoms. The molecule has 0 heterocycles. The fourth-order valence-electron chi connectivity index (χ4n) is 3.59. The van der Waals surface area contributed by atoms with Crippen molar-refractivity contribution in [1.82, 2.24) is 0 Å². The van der Waals surface area contributed by atoms with Crippen LogP contribution in [0.15, 0.2) is 0 Å². The van der Waals surface area contributed by atoms with Crippen molar-refractivity contribution in [2.45, 2.75) is 46.5 Å². The average Bonchev–Trinajstić information content (AvgIpc) is 2.56. The van der Waals surface area contributed by atoms with Gasteiger partial charge in [0, 0.05) is 0 Å². The molecule has 0 nitrogen and oxygen atoms in total. The zero-order chi connectivity index (χ0) is 8.06. The maximum atomic E-state index is 2.52. The molecule has 2 fully saturated rings. The molecule has 2 bridgehead atoms. The molecule has 2 saturated carbocycles. The van der Waals surface area contributed by atoms with E-state index in [2.05, 4.69) is 20.8 Å². The van der Waals surface area contributed by atoms with Crippen LogP contribution in [0.1, 0.15) is 46.5 Å². The van der Waals surface area contributed by atoms with Gasteiger partial charge in [0.25, 0.3) is 0 Å². The van der Waals surface area contributed by atoms with Crippen molar-refractivity contribution < 1.29 is 0 Å². The first-order chi connectivity index (χ1) is 5.18. The van der Waals surface area contributed by atoms with Crippen molar-refractivity contribution in [2.24, 2.45) is 23.2 Å². The normalized spacial score (nSPS) is 55.4. The molecule has 0 amide bonds. The van der Waals surface area contributed by atoms with Crippen LogP contribution >= 0.6 is 0 Å². The Morgan fingerprint density at radius 1 is 1.36 bits per heavy atom. The van der Waals surface area contributed by atoms with Crippen molar-refractivity contribution >= 4 is 0 Å². The molecule has 0 spiro atoms. The first-order valence-electron chi connectivity index (χ1n) is 5.18. The summed E-state index contributed by atoms with van der Waals surface area (Å²) in [5.41, 5.74) is 0.711. The SMILES string of the molecule is CCC1(C)C2CCC(C2)C1C. The molecule has 0 aromatic carbocycles. The number of hydrogen-bond acceptors (Lipinski definition) is 0. The van der Waals surface area contributed by atoms with Gasteiger partial charge in [0.1, 0.15) is 0 Å². The average molecular weight is 152 g/mol. The molecule has 0 heteroatoms. The maximum absolute atomic E-state index is 2.52. The minimum absolute atomic E-state index is 0.711. The highest BCUT2D eigenvalue weighted by molar-refractivity contribution is 5.01. The highest BCUT2D eigenvalue weighted by Gasteiger charge is 2.51. The molecule has 4 unspecified atom stereocenters. The molecule has 0 aliphatic heterocycles. The first-order valence-corrected chi connectivity index (χ1v) is 5.18. The van der Waals surface area contributed by atoms with Gasteiger partial charge in [-0.3, -0.25) is 0 Å². The van der Waals surface area contributed by atoms with E-state index in [1.807, 2.05) is 0 Å². The van der Waals surface area contributed by atoms with Gasteiger partial charge in [-0.2, -0.15) is 0 Å². The van der Waals surface area contributed by atoms with E-state index in [0.717, 1.165) is 17.8 Å². The van der Waals surface area contributed by atoms with Gasteiger partial charge in [-0.05, 0) is 42.4 Å². The van der Waals surface area contributed by atoms with E-state index >= 15 is 0 Å². The van der Waals surface area contributed by atoms with Gasteiger partial charge in [0.2, 0.25) is 0 Å². The third kappa shape index (κ3) is 0.816. The van der Waals surface area contributed by atoms with Crippen molar-refractivity contribution in [1.29, 1.82) is 0 Å². The zero-order valence-corrected chi connectivity index (χ0v) is 8.06. The van der Waals surface area contributed by atoms with Crippen LogP contribution in [0.2, 0.25) is 0 Å². The van der Waals surface area contributed by atoms with Gasteiger partial charge >= 0.3 is 0 Å². The van der Waals surface area contributed by atoms with Crippen LogP contribution < -0.4 is 0 Å². The topological polar surface area (TPSA) is 0 Å². The second-order valence-electron chi connectivity index (χ2n) is 4.92. The van der Waals surface area contributed by atoms with Crippen molar-refractivity contribution in [2.75, 3.05) is 0 Å². The Morgan fingerprint density at radius 2 is 2.09 bits per heavy atom. The van der Waals surface area contributed by atoms with Crippen LogP contribution in [0.5, 0.6) is 0 Å². The minimum Gasteiger partial charge on any atom is -0.0648 e. The van der Waals surface area contributed by atoms with E-state index in [4.69, 9.17) is 0 Å². The van der Waals surface area contributed by atoms with Crippen molar-refractivity contribution in [3.63, 3.8) is 0 Å². The molecule has 2 aliphatic carbocycles. The summed E-state index contributed by atoms with van der Waals surface area (Å²) in [5, 5.41) is 0. The summed E-state index contributed by atoms with van der Waals surface area (Å²) >= 11 is 0. The third-order valence-corrected chi connectivity index (χ3v) is 4.91. The Labute approximate surface area is 70.4 Å². The quantitative estimate of drug-likeness (QED) is 0.539. The summed E-state index contributed by atoms with van der Waals surface area (Å²) in [6.07, 6.45) is 6.00. The van der Waals surface area contributed by atoms with E-state index in [1.165, 1.54) is 19.3 Å². The molecular formula is C11H20. The van der Waals surface area contributed by atoms with E-state index < -0.39 is 0 Å². The zero-order valence-electron chi connectivity index (χ0n) is 8.06. The van der Waals surface area contributed by atoms with Crippen LogP contribution in [0.25, 0.3) is 0 Å². The Bertz CT molecular complexity index is 157. The molecule has 2 aliphatic rings. The Morgan fingerprint density at radius 3 is 2.45 bits per heavy atom. The second kappa shape index (κ2) is 2.24. The molecular weight excluding hydrogens is 132 g/mol. The smallest absolute Gasteiger partial charge is 0.0272 e. The lowest BCUT2D eigenvalue weighted by Gasteiger charge is -2.38. The van der Waals surface area contributed by atoms with Gasteiger partial charge in [-0.25, -0.2) is 0 Å². The summed E-state index contributed by atoms with van der Waals surface area (Å²) in [6, 6.07) is 0. The molecule has 0 aromatic rings. The molecule has 2 rings (SSSR count). The van der Waals surface area contributed by atoms with Crippen LogP contribution in [-0.4, -0.2) is 0 Å². The molecule has 64 valence electrons. The van der Waals surface area contributed by atoms with Gasteiger partial charge in [-0.15, -0.1) is 0 Å². The van der Waals surface area contributed by atoms with Crippen molar-refractivity contribution in [3.05, 3.63) is 0 Å². The molecule has 0 saturated heterocycles. The molecule has 0 radical (unpaired) electrons. The van der Waals surface area contributed by atoms with Crippen LogP contribution in [0, 0.1) is 23.2 Å². The third-order valence-electron chi connectivity index (χ3n) is 4.91. The predicted octanol–water partition coefficient (Wildman–Crippen LogP) is 3.47. The fourth-order valence-corrected chi connectivity index (χ4v) is 3.59. The fraction of sp³-hybridized carbons (Fsp3) is 1.00. The van der Waals surface area contributed by atoms with E-state index in [1.54, 1.807) is 6.42 Å². The number of fused-ring (bicyclic) bond motifs is 2. The largest absolute Gasteiger partial charge is 0.0648 e. The first kappa shape index (κ1) is 7.64. The summed E-state index contributed by atoms with van der Waals surface area (Å²) in [7, 11) is 0. The van der Waals surface area contributed by atoms with E-state index in [9.17, 15) is 0 Å². The molecule has 0 N–H and O–H groups in total.